The van der Waals surface area contributed by atoms with Gasteiger partial charge in [-0.15, -0.1) is 0 Å². The topological polar surface area (TPSA) is 71.4 Å². The molecule has 2 aromatic rings. The first-order valence-corrected chi connectivity index (χ1v) is 7.19. The second kappa shape index (κ2) is 5.70. The van der Waals surface area contributed by atoms with E-state index >= 15 is 0 Å². The molecule has 114 valence electrons. The first kappa shape index (κ1) is 14.4. The fourth-order valence-electron chi connectivity index (χ4n) is 2.70. The van der Waals surface area contributed by atoms with Crippen molar-refractivity contribution >= 4 is 5.91 Å². The monoisotopic (exact) mass is 299 g/mol. The van der Waals surface area contributed by atoms with Gasteiger partial charge in [0, 0.05) is 25.5 Å². The molecule has 6 nitrogen and oxygen atoms in total. The van der Waals surface area contributed by atoms with Crippen molar-refractivity contribution in [1.82, 2.24) is 9.47 Å². The smallest absolute Gasteiger partial charge is 0.259 e. The van der Waals surface area contributed by atoms with Crippen LogP contribution in [0, 0.1) is 18.3 Å². The molecule has 3 heterocycles. The third-order valence-corrected chi connectivity index (χ3v) is 3.76. The van der Waals surface area contributed by atoms with Crippen LogP contribution < -0.4 is 0 Å². The number of hydrogen-bond donors (Lipinski definition) is 0. The fraction of sp³-hybridized carbons (Fsp3) is 0.375. The second-order valence-electron chi connectivity index (χ2n) is 5.35. The van der Waals surface area contributed by atoms with E-state index in [-0.39, 0.29) is 17.6 Å². The summed E-state index contributed by atoms with van der Waals surface area (Å²) in [5.74, 6) is 0.672. The van der Waals surface area contributed by atoms with Crippen molar-refractivity contribution in [2.75, 3.05) is 19.7 Å². The van der Waals surface area contributed by atoms with Gasteiger partial charge in [-0.25, -0.2) is 0 Å². The molecule has 0 saturated carbocycles. The molecule has 1 aliphatic heterocycles. The average Bonchev–Trinajstić information content (AvgIpc) is 3.13. The van der Waals surface area contributed by atoms with Crippen molar-refractivity contribution in [3.05, 3.63) is 41.4 Å². The number of aryl methyl sites for hydroxylation is 1. The number of carbonyl (C=O) groups is 1. The van der Waals surface area contributed by atoms with E-state index in [1.54, 1.807) is 28.8 Å². The van der Waals surface area contributed by atoms with Crippen LogP contribution in [0.15, 0.2) is 28.9 Å². The average molecular weight is 299 g/mol. The molecule has 0 aliphatic carbocycles. The molecule has 0 radical (unpaired) electrons. The zero-order valence-electron chi connectivity index (χ0n) is 12.6. The highest BCUT2D eigenvalue weighted by atomic mass is 16.5. The summed E-state index contributed by atoms with van der Waals surface area (Å²) in [5, 5.41) is 9.49. The lowest BCUT2D eigenvalue weighted by Gasteiger charge is -2.31. The Balaban J connectivity index is 2.00. The number of furan rings is 1. The van der Waals surface area contributed by atoms with Gasteiger partial charge in [-0.1, -0.05) is 0 Å². The van der Waals surface area contributed by atoms with Crippen LogP contribution in [-0.4, -0.2) is 41.2 Å². The molecule has 1 fully saturated rings. The lowest BCUT2D eigenvalue weighted by atomic mass is 10.1. The molecular weight excluding hydrogens is 282 g/mol. The van der Waals surface area contributed by atoms with Crippen LogP contribution in [0.3, 0.4) is 0 Å². The van der Waals surface area contributed by atoms with Gasteiger partial charge in [0.15, 0.2) is 0 Å². The van der Waals surface area contributed by atoms with Crippen LogP contribution in [0.5, 0.6) is 0 Å². The number of nitriles is 1. The summed E-state index contributed by atoms with van der Waals surface area (Å²) in [4.78, 5) is 14.5. The van der Waals surface area contributed by atoms with Crippen molar-refractivity contribution < 1.29 is 13.9 Å². The van der Waals surface area contributed by atoms with Crippen molar-refractivity contribution in [1.29, 1.82) is 5.26 Å². The maximum atomic E-state index is 12.8. The minimum Gasteiger partial charge on any atom is -0.443 e. The highest BCUT2D eigenvalue weighted by Gasteiger charge is 2.30. The van der Waals surface area contributed by atoms with Crippen molar-refractivity contribution in [3.8, 4) is 12.0 Å². The van der Waals surface area contributed by atoms with E-state index in [1.807, 2.05) is 19.1 Å². The summed E-state index contributed by atoms with van der Waals surface area (Å²) in [5.41, 5.74) is 0.623. The number of nitrogens with zero attached hydrogens (tertiary/aromatic N) is 3. The lowest BCUT2D eigenvalue weighted by molar-refractivity contribution is -0.0124. The van der Waals surface area contributed by atoms with Crippen LogP contribution in [0.4, 0.5) is 0 Å². The largest absolute Gasteiger partial charge is 0.443 e. The normalized spacial score (nSPS) is 18.2. The van der Waals surface area contributed by atoms with Gasteiger partial charge in [0.05, 0.1) is 12.7 Å². The number of morpholine rings is 1. The van der Waals surface area contributed by atoms with Crippen LogP contribution in [0.2, 0.25) is 0 Å². The number of ether oxygens (including phenoxy) is 1. The number of hydrogen-bond acceptors (Lipinski definition) is 4. The molecule has 22 heavy (non-hydrogen) atoms. The Kier molecular flexibility index (Phi) is 3.73. The Hall–Kier alpha value is -2.52. The molecule has 3 rings (SSSR count). The number of amides is 1. The summed E-state index contributed by atoms with van der Waals surface area (Å²) >= 11 is 0. The van der Waals surface area contributed by atoms with E-state index in [0.29, 0.717) is 36.9 Å². The predicted octanol–water partition coefficient (Wildman–Crippen LogP) is 2.11. The third-order valence-electron chi connectivity index (χ3n) is 3.76. The van der Waals surface area contributed by atoms with Gasteiger partial charge in [-0.3, -0.25) is 9.36 Å². The van der Waals surface area contributed by atoms with Gasteiger partial charge in [0.25, 0.3) is 5.91 Å². The molecule has 2 aromatic heterocycles. The maximum Gasteiger partial charge on any atom is 0.259 e. The zero-order chi connectivity index (χ0) is 15.7. The van der Waals surface area contributed by atoms with E-state index in [2.05, 4.69) is 6.07 Å². The van der Waals surface area contributed by atoms with E-state index in [0.717, 1.165) is 0 Å². The summed E-state index contributed by atoms with van der Waals surface area (Å²) in [6, 6.07) is 5.79. The van der Waals surface area contributed by atoms with Gasteiger partial charge in [-0.05, 0) is 26.0 Å². The molecule has 1 aliphatic rings. The molecule has 6 heteroatoms. The van der Waals surface area contributed by atoms with E-state index in [9.17, 15) is 10.1 Å². The molecule has 0 aromatic carbocycles. The van der Waals surface area contributed by atoms with Crippen molar-refractivity contribution in [3.63, 3.8) is 0 Å². The molecule has 1 atom stereocenters. The first-order chi connectivity index (χ1) is 10.6. The number of rotatable bonds is 2. The van der Waals surface area contributed by atoms with Crippen LogP contribution in [0.1, 0.15) is 28.6 Å². The Morgan fingerprint density at radius 2 is 2.14 bits per heavy atom. The Labute approximate surface area is 128 Å². The zero-order valence-corrected chi connectivity index (χ0v) is 12.6. The van der Waals surface area contributed by atoms with Gasteiger partial charge in [0.1, 0.15) is 23.0 Å². The molecule has 0 spiro atoms. The first-order valence-electron chi connectivity index (χ1n) is 7.19. The van der Waals surface area contributed by atoms with Crippen LogP contribution in [-0.2, 0) is 4.74 Å². The molecule has 0 bridgehead atoms. The molecular formula is C16H17N3O3. The third kappa shape index (κ3) is 2.40. The fourth-order valence-corrected chi connectivity index (χ4v) is 2.70. The summed E-state index contributed by atoms with van der Waals surface area (Å²) in [6.07, 6.45) is 3.56. The van der Waals surface area contributed by atoms with Gasteiger partial charge >= 0.3 is 0 Å². The Morgan fingerprint density at radius 3 is 2.77 bits per heavy atom. The van der Waals surface area contributed by atoms with Crippen LogP contribution in [0.25, 0.3) is 5.88 Å². The predicted molar refractivity (Wildman–Crippen MR) is 78.8 cm³/mol. The Morgan fingerprint density at radius 1 is 1.41 bits per heavy atom. The highest BCUT2D eigenvalue weighted by molar-refractivity contribution is 5.98. The Bertz CT molecular complexity index is 725. The minimum absolute atomic E-state index is 0.000591. The van der Waals surface area contributed by atoms with Crippen LogP contribution >= 0.6 is 0 Å². The van der Waals surface area contributed by atoms with Crippen molar-refractivity contribution in [2.24, 2.45) is 0 Å². The lowest BCUT2D eigenvalue weighted by Crippen LogP contribution is -2.44. The SMILES string of the molecule is Cc1oc(-n2cccc2)c(C#N)c1C(=O)N1CCO[C@@H](C)C1. The number of carbonyl (C=O) groups excluding carboxylic acids is 1. The van der Waals surface area contributed by atoms with Gasteiger partial charge in [0.2, 0.25) is 5.88 Å². The standard InChI is InChI=1S/C16H17N3O3/c1-11-10-19(7-8-21-11)15(20)14-12(2)22-16(13(14)9-17)18-5-3-4-6-18/h3-6,11H,7-8,10H2,1-2H3/t11-/m0/s1. The second-order valence-corrected chi connectivity index (χ2v) is 5.35. The quantitative estimate of drug-likeness (QED) is 0.851. The van der Waals surface area contributed by atoms with E-state index in [1.165, 1.54) is 0 Å². The van der Waals surface area contributed by atoms with Gasteiger partial charge < -0.3 is 14.1 Å². The van der Waals surface area contributed by atoms with Crippen molar-refractivity contribution in [2.45, 2.75) is 20.0 Å². The minimum atomic E-state index is -0.175. The highest BCUT2D eigenvalue weighted by Crippen LogP contribution is 2.27. The molecule has 1 saturated heterocycles. The summed E-state index contributed by atoms with van der Waals surface area (Å²) < 4.78 is 12.8. The van der Waals surface area contributed by atoms with E-state index < -0.39 is 0 Å². The number of aromatic nitrogens is 1. The van der Waals surface area contributed by atoms with Gasteiger partial charge in [-0.2, -0.15) is 5.26 Å². The molecule has 1 amide bonds. The molecule has 0 N–H and O–H groups in total. The maximum absolute atomic E-state index is 12.8. The summed E-state index contributed by atoms with van der Waals surface area (Å²) in [7, 11) is 0. The van der Waals surface area contributed by atoms with E-state index in [4.69, 9.17) is 9.15 Å². The summed E-state index contributed by atoms with van der Waals surface area (Å²) in [6.45, 7) is 5.20. The molecule has 0 unspecified atom stereocenters.